The molecule has 1 aliphatic carbocycles. The van der Waals surface area contributed by atoms with Crippen LogP contribution in [0.15, 0.2) is 46.0 Å². The molecule has 1 saturated carbocycles. The lowest BCUT2D eigenvalue weighted by atomic mass is 10.1. The summed E-state index contributed by atoms with van der Waals surface area (Å²) < 4.78 is 2.81. The highest BCUT2D eigenvalue weighted by Gasteiger charge is 2.25. The number of nitrogens with zero attached hydrogens (tertiary/aromatic N) is 3. The van der Waals surface area contributed by atoms with Crippen molar-refractivity contribution in [3.63, 3.8) is 0 Å². The van der Waals surface area contributed by atoms with Crippen molar-refractivity contribution in [1.82, 2.24) is 9.13 Å². The van der Waals surface area contributed by atoms with Gasteiger partial charge in [0.2, 0.25) is 5.91 Å². The fourth-order valence-electron chi connectivity index (χ4n) is 4.06. The van der Waals surface area contributed by atoms with Crippen LogP contribution in [0.25, 0.3) is 10.9 Å². The molecule has 192 valence electrons. The van der Waals surface area contributed by atoms with Crippen LogP contribution in [0.3, 0.4) is 0 Å². The Hall–Kier alpha value is -3.94. The summed E-state index contributed by atoms with van der Waals surface area (Å²) in [6.07, 6.45) is 0.249. The number of carbonyl (C=O) groups excluding carboxylic acids is 2. The Morgan fingerprint density at radius 2 is 1.84 bits per heavy atom. The molecule has 3 aromatic rings. The minimum absolute atomic E-state index is 0.140. The zero-order valence-corrected chi connectivity index (χ0v) is 20.9. The fraction of sp³-hybridized carbons (Fsp3) is 0.346. The topological polar surface area (TPSA) is 146 Å². The lowest BCUT2D eigenvalue weighted by Crippen LogP contribution is -2.40. The SMILES string of the molecule is CCn1c(=O)n(CC2CC2)c(=O)c2cc(NC(=O)CC[C@@H](O)C(=O)Nc3ccc(C#N)c(Cl)c3)ccc21. The number of fused-ring (bicyclic) bond motifs is 1. The largest absolute Gasteiger partial charge is 0.383 e. The molecule has 2 amide bonds. The van der Waals surface area contributed by atoms with Gasteiger partial charge < -0.3 is 15.7 Å². The highest BCUT2D eigenvalue weighted by Crippen LogP contribution is 2.30. The van der Waals surface area contributed by atoms with Crippen LogP contribution in [0.5, 0.6) is 0 Å². The van der Waals surface area contributed by atoms with Crippen molar-refractivity contribution in [2.24, 2.45) is 5.92 Å². The van der Waals surface area contributed by atoms with Crippen LogP contribution in [0.4, 0.5) is 11.4 Å². The van der Waals surface area contributed by atoms with Gasteiger partial charge in [0, 0.05) is 30.9 Å². The van der Waals surface area contributed by atoms with Crippen molar-refractivity contribution < 1.29 is 14.7 Å². The van der Waals surface area contributed by atoms with E-state index in [0.717, 1.165) is 12.8 Å². The molecule has 1 atom stereocenters. The van der Waals surface area contributed by atoms with Gasteiger partial charge in [0.05, 0.1) is 21.5 Å². The highest BCUT2D eigenvalue weighted by molar-refractivity contribution is 6.32. The number of aliphatic hydroxyl groups excluding tert-OH is 1. The fourth-order valence-corrected chi connectivity index (χ4v) is 4.28. The summed E-state index contributed by atoms with van der Waals surface area (Å²) in [6.45, 7) is 2.62. The highest BCUT2D eigenvalue weighted by atomic mass is 35.5. The van der Waals surface area contributed by atoms with Gasteiger partial charge in [0.1, 0.15) is 12.2 Å². The number of halogens is 1. The second-order valence-corrected chi connectivity index (χ2v) is 9.42. The molecule has 0 spiro atoms. The first-order chi connectivity index (χ1) is 17.7. The lowest BCUT2D eigenvalue weighted by molar-refractivity contribution is -0.125. The number of rotatable bonds is 9. The number of benzene rings is 2. The summed E-state index contributed by atoms with van der Waals surface area (Å²) >= 11 is 5.95. The molecule has 2 aromatic carbocycles. The van der Waals surface area contributed by atoms with Gasteiger partial charge in [0.15, 0.2) is 0 Å². The molecule has 0 saturated heterocycles. The van der Waals surface area contributed by atoms with Crippen LogP contribution in [0.1, 0.15) is 38.2 Å². The second kappa shape index (κ2) is 11.0. The molecule has 4 rings (SSSR count). The third-order valence-electron chi connectivity index (χ3n) is 6.27. The Balaban J connectivity index is 1.41. The minimum atomic E-state index is -1.45. The lowest BCUT2D eigenvalue weighted by Gasteiger charge is -2.14. The standard InChI is InChI=1S/C26H26ClN5O5/c1-2-31-21-8-7-17(11-19(21)25(36)32(26(31)37)14-15-3-4-15)29-23(34)10-9-22(33)24(35)30-18-6-5-16(13-28)20(27)12-18/h5-8,11-12,15,22,33H,2-4,9-10,14H2,1H3,(H,29,34)(H,30,35)/t22-/m1/s1. The molecular formula is C26H26ClN5O5. The summed E-state index contributed by atoms with van der Waals surface area (Å²) in [6, 6.07) is 11.0. The smallest absolute Gasteiger partial charge is 0.331 e. The molecule has 37 heavy (non-hydrogen) atoms. The van der Waals surface area contributed by atoms with E-state index in [-0.39, 0.29) is 34.7 Å². The van der Waals surface area contributed by atoms with Gasteiger partial charge in [-0.3, -0.25) is 23.5 Å². The van der Waals surface area contributed by atoms with E-state index >= 15 is 0 Å². The number of nitriles is 1. The number of anilines is 2. The maximum atomic E-state index is 13.1. The van der Waals surface area contributed by atoms with Crippen molar-refractivity contribution in [1.29, 1.82) is 5.26 Å². The van der Waals surface area contributed by atoms with E-state index in [1.807, 2.05) is 13.0 Å². The van der Waals surface area contributed by atoms with Crippen molar-refractivity contribution in [2.45, 2.75) is 51.8 Å². The molecule has 0 unspecified atom stereocenters. The van der Waals surface area contributed by atoms with Gasteiger partial charge in [-0.15, -0.1) is 0 Å². The Morgan fingerprint density at radius 1 is 1.14 bits per heavy atom. The van der Waals surface area contributed by atoms with Crippen molar-refractivity contribution in [3.8, 4) is 6.07 Å². The molecule has 1 aromatic heterocycles. The van der Waals surface area contributed by atoms with Gasteiger partial charge in [0.25, 0.3) is 11.5 Å². The number of nitrogens with one attached hydrogen (secondary N) is 2. The van der Waals surface area contributed by atoms with Gasteiger partial charge in [-0.1, -0.05) is 11.6 Å². The zero-order valence-electron chi connectivity index (χ0n) is 20.2. The van der Waals surface area contributed by atoms with Gasteiger partial charge in [-0.25, -0.2) is 4.79 Å². The quantitative estimate of drug-likeness (QED) is 0.393. The summed E-state index contributed by atoms with van der Waals surface area (Å²) in [4.78, 5) is 50.6. The Kier molecular flexibility index (Phi) is 7.76. The molecule has 0 aliphatic heterocycles. The predicted octanol–water partition coefficient (Wildman–Crippen LogP) is 2.84. The van der Waals surface area contributed by atoms with E-state index in [1.54, 1.807) is 22.8 Å². The van der Waals surface area contributed by atoms with Crippen LogP contribution >= 0.6 is 11.6 Å². The van der Waals surface area contributed by atoms with Crippen LogP contribution in [0, 0.1) is 17.2 Å². The molecule has 0 bridgehead atoms. The Labute approximate surface area is 217 Å². The Bertz CT molecular complexity index is 1530. The number of carbonyl (C=O) groups is 2. The zero-order chi connectivity index (χ0) is 26.7. The van der Waals surface area contributed by atoms with Crippen LogP contribution in [0.2, 0.25) is 5.02 Å². The van der Waals surface area contributed by atoms with E-state index in [0.29, 0.717) is 41.3 Å². The van der Waals surface area contributed by atoms with Crippen LogP contribution < -0.4 is 21.9 Å². The number of hydrogen-bond acceptors (Lipinski definition) is 6. The van der Waals surface area contributed by atoms with Gasteiger partial charge in [-0.05, 0) is 68.5 Å². The average molecular weight is 524 g/mol. The molecule has 1 fully saturated rings. The molecule has 10 nitrogen and oxygen atoms in total. The summed E-state index contributed by atoms with van der Waals surface area (Å²) in [5.74, 6) is -0.823. The van der Waals surface area contributed by atoms with E-state index in [9.17, 15) is 24.3 Å². The van der Waals surface area contributed by atoms with Crippen LogP contribution in [-0.2, 0) is 22.7 Å². The number of aromatic nitrogens is 2. The first kappa shape index (κ1) is 26.1. The van der Waals surface area contributed by atoms with E-state index in [1.165, 1.54) is 22.8 Å². The van der Waals surface area contributed by atoms with Crippen LogP contribution in [-0.4, -0.2) is 32.2 Å². The average Bonchev–Trinajstić information content (AvgIpc) is 3.70. The Morgan fingerprint density at radius 3 is 2.49 bits per heavy atom. The minimum Gasteiger partial charge on any atom is -0.383 e. The summed E-state index contributed by atoms with van der Waals surface area (Å²) in [5, 5.41) is 24.8. The van der Waals surface area contributed by atoms with E-state index in [2.05, 4.69) is 10.6 Å². The van der Waals surface area contributed by atoms with Crippen molar-refractivity contribution >= 4 is 45.7 Å². The number of aliphatic hydroxyl groups is 1. The van der Waals surface area contributed by atoms with Gasteiger partial charge in [-0.2, -0.15) is 5.26 Å². The maximum absolute atomic E-state index is 13.1. The number of hydrogen-bond donors (Lipinski definition) is 3. The number of aryl methyl sites for hydroxylation is 1. The van der Waals surface area contributed by atoms with Gasteiger partial charge >= 0.3 is 5.69 Å². The van der Waals surface area contributed by atoms with Crippen molar-refractivity contribution in [3.05, 3.63) is 67.8 Å². The predicted molar refractivity (Wildman–Crippen MR) is 140 cm³/mol. The molecule has 3 N–H and O–H groups in total. The summed E-state index contributed by atoms with van der Waals surface area (Å²) in [5.41, 5.74) is 0.719. The third kappa shape index (κ3) is 5.90. The molecule has 1 aliphatic rings. The second-order valence-electron chi connectivity index (χ2n) is 9.02. The molecule has 0 radical (unpaired) electrons. The molecular weight excluding hydrogens is 498 g/mol. The first-order valence-electron chi connectivity index (χ1n) is 12.0. The van der Waals surface area contributed by atoms with E-state index < -0.39 is 17.9 Å². The number of amides is 2. The van der Waals surface area contributed by atoms with E-state index in [4.69, 9.17) is 16.9 Å². The molecule has 11 heteroatoms. The summed E-state index contributed by atoms with van der Waals surface area (Å²) in [7, 11) is 0. The third-order valence-corrected chi connectivity index (χ3v) is 6.58. The van der Waals surface area contributed by atoms with Crippen molar-refractivity contribution in [2.75, 3.05) is 10.6 Å². The molecule has 1 heterocycles. The maximum Gasteiger partial charge on any atom is 0.331 e. The first-order valence-corrected chi connectivity index (χ1v) is 12.4. The normalized spacial score (nSPS) is 13.7. The monoisotopic (exact) mass is 523 g/mol.